The molecule has 1 aliphatic rings. The summed E-state index contributed by atoms with van der Waals surface area (Å²) in [6.45, 7) is 7.01. The van der Waals surface area contributed by atoms with Gasteiger partial charge in [-0.05, 0) is 74.8 Å². The molecular weight excluding hydrogens is 383 g/mol. The van der Waals surface area contributed by atoms with Gasteiger partial charge in [-0.2, -0.15) is 0 Å². The van der Waals surface area contributed by atoms with E-state index in [4.69, 9.17) is 9.15 Å². The molecule has 1 saturated carbocycles. The van der Waals surface area contributed by atoms with Crippen molar-refractivity contribution in [3.8, 4) is 0 Å². The molecule has 2 rings (SSSR count). The second kappa shape index (κ2) is 6.56. The van der Waals surface area contributed by atoms with Crippen LogP contribution in [0.2, 0.25) is 0 Å². The van der Waals surface area contributed by atoms with Gasteiger partial charge in [0.1, 0.15) is 11.4 Å². The Balaban J connectivity index is 1.80. The van der Waals surface area contributed by atoms with Crippen molar-refractivity contribution in [2.45, 2.75) is 57.7 Å². The summed E-state index contributed by atoms with van der Waals surface area (Å²) < 4.78 is 11.7. The first-order valence-electron chi connectivity index (χ1n) is 7.24. The van der Waals surface area contributed by atoms with Crippen molar-refractivity contribution >= 4 is 28.7 Å². The predicted molar refractivity (Wildman–Crippen MR) is 89.1 cm³/mol. The van der Waals surface area contributed by atoms with Gasteiger partial charge in [-0.15, -0.1) is 0 Å². The van der Waals surface area contributed by atoms with E-state index in [2.05, 4.69) is 33.2 Å². The molecule has 1 aromatic heterocycles. The Morgan fingerprint density at radius 1 is 1.43 bits per heavy atom. The Bertz CT molecular complexity index is 489. The van der Waals surface area contributed by atoms with Crippen LogP contribution in [-0.4, -0.2) is 23.8 Å². The van der Waals surface area contributed by atoms with Crippen LogP contribution in [0.4, 0.5) is 4.79 Å². The number of hydrogen-bond acceptors (Lipinski definition) is 4. The predicted octanol–water partition coefficient (Wildman–Crippen LogP) is 3.42. The zero-order valence-electron chi connectivity index (χ0n) is 12.8. The highest BCUT2D eigenvalue weighted by Gasteiger charge is 2.39. The van der Waals surface area contributed by atoms with Gasteiger partial charge in [0.05, 0.1) is 12.1 Å². The number of amides is 1. The first kappa shape index (κ1) is 16.6. The smallest absolute Gasteiger partial charge is 0.408 e. The lowest BCUT2D eigenvalue weighted by molar-refractivity contribution is 0.0382. The highest BCUT2D eigenvalue weighted by molar-refractivity contribution is 14.1. The lowest BCUT2D eigenvalue weighted by atomic mass is 9.76. The Labute approximate surface area is 139 Å². The lowest BCUT2D eigenvalue weighted by Gasteiger charge is -2.42. The van der Waals surface area contributed by atoms with Crippen LogP contribution >= 0.6 is 22.6 Å². The number of rotatable bonds is 5. The van der Waals surface area contributed by atoms with Crippen LogP contribution in [-0.2, 0) is 11.3 Å². The molecule has 21 heavy (non-hydrogen) atoms. The van der Waals surface area contributed by atoms with Crippen molar-refractivity contribution in [1.82, 2.24) is 10.6 Å². The molecule has 0 saturated heterocycles. The maximum atomic E-state index is 11.9. The third-order valence-corrected chi connectivity index (χ3v) is 4.05. The summed E-state index contributed by atoms with van der Waals surface area (Å²) in [5.74, 6) is 0.908. The SMILES string of the molecule is CC(C)(C)OC(=O)NC1(CNCc2ccc(I)o2)CCC1. The monoisotopic (exact) mass is 406 g/mol. The van der Waals surface area contributed by atoms with Crippen LogP contribution < -0.4 is 10.6 Å². The lowest BCUT2D eigenvalue weighted by Crippen LogP contribution is -2.59. The molecule has 0 aromatic carbocycles. The minimum atomic E-state index is -0.465. The van der Waals surface area contributed by atoms with Crippen LogP contribution in [0.5, 0.6) is 0 Å². The molecule has 1 fully saturated rings. The third kappa shape index (κ3) is 5.18. The number of ether oxygens (including phenoxy) is 1. The Kier molecular flexibility index (Phi) is 5.19. The largest absolute Gasteiger partial charge is 0.454 e. The number of carbonyl (C=O) groups is 1. The molecule has 1 amide bonds. The summed E-state index contributed by atoms with van der Waals surface area (Å²) in [4.78, 5) is 11.9. The molecule has 0 atom stereocenters. The van der Waals surface area contributed by atoms with Gasteiger partial charge in [0.2, 0.25) is 0 Å². The van der Waals surface area contributed by atoms with E-state index in [0.717, 1.165) is 35.3 Å². The van der Waals surface area contributed by atoms with Gasteiger partial charge in [0, 0.05) is 6.54 Å². The van der Waals surface area contributed by atoms with Crippen molar-refractivity contribution in [3.63, 3.8) is 0 Å². The number of halogens is 1. The maximum Gasteiger partial charge on any atom is 0.408 e. The van der Waals surface area contributed by atoms with Crippen LogP contribution in [0, 0.1) is 3.77 Å². The van der Waals surface area contributed by atoms with Crippen LogP contribution in [0.15, 0.2) is 16.5 Å². The van der Waals surface area contributed by atoms with Gasteiger partial charge in [-0.1, -0.05) is 0 Å². The number of furan rings is 1. The number of hydrogen-bond donors (Lipinski definition) is 2. The molecule has 0 bridgehead atoms. The third-order valence-electron chi connectivity index (χ3n) is 3.47. The van der Waals surface area contributed by atoms with Crippen molar-refractivity contribution in [2.75, 3.05) is 6.54 Å². The summed E-state index contributed by atoms with van der Waals surface area (Å²) in [6, 6.07) is 3.90. The van der Waals surface area contributed by atoms with E-state index < -0.39 is 5.60 Å². The number of carbonyl (C=O) groups excluding carboxylic acids is 1. The molecule has 0 radical (unpaired) electrons. The standard InChI is InChI=1S/C15H23IN2O3/c1-14(2,3)21-13(19)18-15(7-4-8-15)10-17-9-11-5-6-12(16)20-11/h5-6,17H,4,7-10H2,1-3H3,(H,18,19). The fourth-order valence-corrected chi connectivity index (χ4v) is 2.80. The number of nitrogens with one attached hydrogen (secondary N) is 2. The van der Waals surface area contributed by atoms with Crippen molar-refractivity contribution < 1.29 is 13.9 Å². The molecule has 1 aliphatic carbocycles. The molecule has 2 N–H and O–H groups in total. The van der Waals surface area contributed by atoms with Crippen LogP contribution in [0.1, 0.15) is 45.8 Å². The second-order valence-electron chi connectivity index (χ2n) is 6.57. The molecule has 6 heteroatoms. The average molecular weight is 406 g/mol. The number of alkyl carbamates (subject to hydrolysis) is 1. The van der Waals surface area contributed by atoms with Gasteiger partial charge in [0.25, 0.3) is 0 Å². The van der Waals surface area contributed by atoms with Gasteiger partial charge in [-0.3, -0.25) is 0 Å². The highest BCUT2D eigenvalue weighted by Crippen LogP contribution is 2.31. The van der Waals surface area contributed by atoms with Gasteiger partial charge in [0.15, 0.2) is 3.77 Å². The molecule has 5 nitrogen and oxygen atoms in total. The summed E-state index contributed by atoms with van der Waals surface area (Å²) in [7, 11) is 0. The van der Waals surface area contributed by atoms with Crippen LogP contribution in [0.3, 0.4) is 0 Å². The zero-order valence-corrected chi connectivity index (χ0v) is 15.0. The minimum Gasteiger partial charge on any atom is -0.454 e. The quantitative estimate of drug-likeness (QED) is 0.736. The summed E-state index contributed by atoms with van der Waals surface area (Å²) in [5, 5.41) is 6.38. The van der Waals surface area contributed by atoms with Crippen molar-refractivity contribution in [2.24, 2.45) is 0 Å². The highest BCUT2D eigenvalue weighted by atomic mass is 127. The van der Waals surface area contributed by atoms with E-state index in [1.54, 1.807) is 0 Å². The molecule has 0 spiro atoms. The van der Waals surface area contributed by atoms with Crippen molar-refractivity contribution in [1.29, 1.82) is 0 Å². The van der Waals surface area contributed by atoms with Crippen molar-refractivity contribution in [3.05, 3.63) is 21.7 Å². The van der Waals surface area contributed by atoms with Gasteiger partial charge in [-0.25, -0.2) is 4.79 Å². The average Bonchev–Trinajstić information content (AvgIpc) is 2.69. The van der Waals surface area contributed by atoms with E-state index in [0.29, 0.717) is 6.54 Å². The van der Waals surface area contributed by atoms with E-state index in [1.807, 2.05) is 32.9 Å². The van der Waals surface area contributed by atoms with E-state index in [-0.39, 0.29) is 11.6 Å². The Hall–Kier alpha value is -0.760. The first-order valence-corrected chi connectivity index (χ1v) is 8.32. The van der Waals surface area contributed by atoms with E-state index >= 15 is 0 Å². The maximum absolute atomic E-state index is 11.9. The minimum absolute atomic E-state index is 0.178. The summed E-state index contributed by atoms with van der Waals surface area (Å²) in [5.41, 5.74) is -0.643. The van der Waals surface area contributed by atoms with E-state index in [1.165, 1.54) is 0 Å². The fourth-order valence-electron chi connectivity index (χ4n) is 2.34. The Morgan fingerprint density at radius 3 is 2.62 bits per heavy atom. The molecule has 1 heterocycles. The van der Waals surface area contributed by atoms with E-state index in [9.17, 15) is 4.79 Å². The zero-order chi connectivity index (χ0) is 15.5. The topological polar surface area (TPSA) is 63.5 Å². The second-order valence-corrected chi connectivity index (χ2v) is 7.63. The molecule has 0 aliphatic heterocycles. The normalized spacial score (nSPS) is 17.1. The molecular formula is C15H23IN2O3. The van der Waals surface area contributed by atoms with Gasteiger partial charge >= 0.3 is 6.09 Å². The molecule has 1 aromatic rings. The van der Waals surface area contributed by atoms with Gasteiger partial charge < -0.3 is 19.8 Å². The fraction of sp³-hybridized carbons (Fsp3) is 0.667. The molecule has 118 valence electrons. The Morgan fingerprint density at radius 2 is 2.14 bits per heavy atom. The molecule has 0 unspecified atom stereocenters. The summed E-state index contributed by atoms with van der Waals surface area (Å²) >= 11 is 2.15. The van der Waals surface area contributed by atoms with Crippen LogP contribution in [0.25, 0.3) is 0 Å². The first-order chi connectivity index (χ1) is 9.78. The summed E-state index contributed by atoms with van der Waals surface area (Å²) in [6.07, 6.45) is 2.76.